The van der Waals surface area contributed by atoms with Crippen LogP contribution in [0.3, 0.4) is 0 Å². The highest BCUT2D eigenvalue weighted by Gasteiger charge is 2.46. The molecule has 4 rings (SSSR count). The summed E-state index contributed by atoms with van der Waals surface area (Å²) in [7, 11) is 2.16. The molecule has 1 unspecified atom stereocenters. The van der Waals surface area contributed by atoms with Crippen molar-refractivity contribution >= 4 is 17.7 Å². The van der Waals surface area contributed by atoms with Crippen molar-refractivity contribution < 1.29 is 14.4 Å². The van der Waals surface area contributed by atoms with Crippen LogP contribution in [0, 0.1) is 5.92 Å². The van der Waals surface area contributed by atoms with E-state index in [1.54, 1.807) is 24.3 Å². The number of imide groups is 1. The largest absolute Gasteiger partial charge is 0.369 e. The zero-order chi connectivity index (χ0) is 31.4. The summed E-state index contributed by atoms with van der Waals surface area (Å²) in [5.41, 5.74) is 8.25. The van der Waals surface area contributed by atoms with Crippen molar-refractivity contribution in [1.29, 1.82) is 0 Å². The van der Waals surface area contributed by atoms with E-state index in [2.05, 4.69) is 24.2 Å². The number of nitrogens with one attached hydrogen (secondary N) is 1. The first-order valence-corrected chi connectivity index (χ1v) is 16.2. The highest BCUT2D eigenvalue weighted by atomic mass is 16.2. The molecular weight excluding hydrogens is 548 g/mol. The fraction of sp³-hybridized carbons (Fsp3) is 0.432. The van der Waals surface area contributed by atoms with Gasteiger partial charge in [-0.1, -0.05) is 112 Å². The van der Waals surface area contributed by atoms with Crippen LogP contribution in [-0.4, -0.2) is 67.3 Å². The number of carbonyl (C=O) groups is 3. The molecule has 3 aromatic rings. The molecule has 0 radical (unpaired) electrons. The molecule has 7 heteroatoms. The SMILES string of the molecule is CCC(CNCCN(C)CCCCCCCCN1C(=O)c2ccccc2C1=O)C(C(N)=O)(c1ccccc1)c1ccccc1. The Morgan fingerprint density at radius 2 is 1.27 bits per heavy atom. The molecule has 1 aliphatic heterocycles. The third-order valence-electron chi connectivity index (χ3n) is 9.06. The van der Waals surface area contributed by atoms with Crippen LogP contribution in [-0.2, 0) is 10.2 Å². The fourth-order valence-electron chi connectivity index (χ4n) is 6.59. The van der Waals surface area contributed by atoms with Crippen LogP contribution in [0.25, 0.3) is 0 Å². The van der Waals surface area contributed by atoms with E-state index >= 15 is 0 Å². The predicted molar refractivity (Wildman–Crippen MR) is 177 cm³/mol. The van der Waals surface area contributed by atoms with Crippen molar-refractivity contribution in [1.82, 2.24) is 15.1 Å². The van der Waals surface area contributed by atoms with Crippen LogP contribution in [0.4, 0.5) is 0 Å². The van der Waals surface area contributed by atoms with Crippen molar-refractivity contribution in [3.05, 3.63) is 107 Å². The molecule has 0 saturated carbocycles. The van der Waals surface area contributed by atoms with Gasteiger partial charge in [0.25, 0.3) is 11.8 Å². The van der Waals surface area contributed by atoms with Gasteiger partial charge in [-0.15, -0.1) is 0 Å². The number of carbonyl (C=O) groups excluding carboxylic acids is 3. The van der Waals surface area contributed by atoms with Gasteiger partial charge in [-0.2, -0.15) is 0 Å². The van der Waals surface area contributed by atoms with Gasteiger partial charge in [0.2, 0.25) is 5.91 Å². The summed E-state index contributed by atoms with van der Waals surface area (Å²) in [5, 5.41) is 3.63. The zero-order valence-corrected chi connectivity index (χ0v) is 26.3. The second-order valence-electron chi connectivity index (χ2n) is 11.9. The molecule has 234 valence electrons. The number of hydrogen-bond donors (Lipinski definition) is 2. The minimum absolute atomic E-state index is 0.00661. The predicted octanol–water partition coefficient (Wildman–Crippen LogP) is 5.64. The summed E-state index contributed by atoms with van der Waals surface area (Å²) in [6.45, 7) is 6.12. The molecule has 0 fully saturated rings. The Balaban J connectivity index is 1.14. The lowest BCUT2D eigenvalue weighted by Crippen LogP contribution is -2.51. The van der Waals surface area contributed by atoms with Gasteiger partial charge in [0.15, 0.2) is 0 Å². The van der Waals surface area contributed by atoms with E-state index in [4.69, 9.17) is 5.73 Å². The Bertz CT molecular complexity index is 1290. The number of likely N-dealkylation sites (N-methyl/N-ethyl adjacent to an activating group) is 1. The number of benzene rings is 3. The lowest BCUT2D eigenvalue weighted by molar-refractivity contribution is -0.124. The highest BCUT2D eigenvalue weighted by molar-refractivity contribution is 6.21. The van der Waals surface area contributed by atoms with Gasteiger partial charge in [-0.25, -0.2) is 0 Å². The first kappa shape index (κ1) is 33.1. The van der Waals surface area contributed by atoms with Crippen molar-refractivity contribution in [3.8, 4) is 0 Å². The normalized spacial score (nSPS) is 13.8. The van der Waals surface area contributed by atoms with Crippen molar-refractivity contribution in [2.45, 2.75) is 57.3 Å². The summed E-state index contributed by atoms with van der Waals surface area (Å²) in [5.74, 6) is -0.628. The summed E-state index contributed by atoms with van der Waals surface area (Å²) in [4.78, 5) is 42.0. The average Bonchev–Trinajstić information content (AvgIpc) is 3.29. The van der Waals surface area contributed by atoms with E-state index < -0.39 is 5.41 Å². The molecule has 3 N–H and O–H groups in total. The van der Waals surface area contributed by atoms with Crippen LogP contribution in [0.1, 0.15) is 83.7 Å². The number of fused-ring (bicyclic) bond motifs is 1. The first-order chi connectivity index (χ1) is 21.4. The quantitative estimate of drug-likeness (QED) is 0.138. The second kappa shape index (κ2) is 16.3. The van der Waals surface area contributed by atoms with Crippen molar-refractivity contribution in [3.63, 3.8) is 0 Å². The second-order valence-corrected chi connectivity index (χ2v) is 11.9. The standard InChI is InChI=1S/C37H48N4O3/c1-3-29(37(36(38)44,30-18-10-8-11-19-30)31-20-12-9-13-21-31)28-39-24-27-40(2)25-16-6-4-5-7-17-26-41-34(42)32-22-14-15-23-33(32)35(41)43/h8-15,18-23,29,39H,3-7,16-17,24-28H2,1-2H3,(H2,38,44). The van der Waals surface area contributed by atoms with E-state index in [1.165, 1.54) is 4.90 Å². The molecule has 0 aliphatic carbocycles. The van der Waals surface area contributed by atoms with Gasteiger partial charge in [0.05, 0.1) is 11.1 Å². The van der Waals surface area contributed by atoms with E-state index in [9.17, 15) is 14.4 Å². The topological polar surface area (TPSA) is 95.7 Å². The van der Waals surface area contributed by atoms with Crippen LogP contribution in [0.5, 0.6) is 0 Å². The minimum atomic E-state index is -0.902. The molecule has 0 bridgehead atoms. The third-order valence-corrected chi connectivity index (χ3v) is 9.06. The molecule has 0 aromatic heterocycles. The van der Waals surface area contributed by atoms with Gasteiger partial charge in [-0.05, 0) is 62.2 Å². The monoisotopic (exact) mass is 596 g/mol. The van der Waals surface area contributed by atoms with Crippen LogP contribution in [0.2, 0.25) is 0 Å². The number of unbranched alkanes of at least 4 members (excludes halogenated alkanes) is 5. The summed E-state index contributed by atoms with van der Waals surface area (Å²) < 4.78 is 0. The van der Waals surface area contributed by atoms with E-state index in [0.717, 1.165) is 75.7 Å². The summed E-state index contributed by atoms with van der Waals surface area (Å²) >= 11 is 0. The van der Waals surface area contributed by atoms with Gasteiger partial charge in [0.1, 0.15) is 5.41 Å². The molecule has 0 spiro atoms. The molecule has 0 saturated heterocycles. The Labute approximate surface area is 262 Å². The van der Waals surface area contributed by atoms with Crippen LogP contribution >= 0.6 is 0 Å². The van der Waals surface area contributed by atoms with Crippen LogP contribution < -0.4 is 11.1 Å². The summed E-state index contributed by atoms with van der Waals surface area (Å²) in [6, 6.07) is 27.0. The number of hydrogen-bond acceptors (Lipinski definition) is 5. The Hall–Kier alpha value is -3.81. The number of nitrogens with zero attached hydrogens (tertiary/aromatic N) is 2. The number of primary amides is 1. The molecular formula is C37H48N4O3. The molecule has 1 atom stereocenters. The van der Waals surface area contributed by atoms with E-state index in [1.807, 2.05) is 60.7 Å². The molecule has 1 heterocycles. The number of amides is 3. The zero-order valence-electron chi connectivity index (χ0n) is 26.3. The molecule has 44 heavy (non-hydrogen) atoms. The maximum absolute atomic E-state index is 13.3. The molecule has 3 amide bonds. The van der Waals surface area contributed by atoms with Gasteiger partial charge in [0, 0.05) is 19.6 Å². The maximum atomic E-state index is 13.3. The number of rotatable bonds is 19. The lowest BCUT2D eigenvalue weighted by Gasteiger charge is -2.39. The van der Waals surface area contributed by atoms with E-state index in [-0.39, 0.29) is 23.6 Å². The fourth-order valence-corrected chi connectivity index (χ4v) is 6.59. The average molecular weight is 597 g/mol. The van der Waals surface area contributed by atoms with Crippen molar-refractivity contribution in [2.75, 3.05) is 39.8 Å². The highest BCUT2D eigenvalue weighted by Crippen LogP contribution is 2.40. The third kappa shape index (κ3) is 7.63. The van der Waals surface area contributed by atoms with Gasteiger partial charge in [-0.3, -0.25) is 19.3 Å². The molecule has 1 aliphatic rings. The van der Waals surface area contributed by atoms with Gasteiger partial charge < -0.3 is 16.0 Å². The molecule has 3 aromatic carbocycles. The lowest BCUT2D eigenvalue weighted by atomic mass is 9.64. The van der Waals surface area contributed by atoms with Crippen LogP contribution in [0.15, 0.2) is 84.9 Å². The smallest absolute Gasteiger partial charge is 0.261 e. The number of nitrogens with two attached hydrogens (primary N) is 1. The minimum Gasteiger partial charge on any atom is -0.369 e. The maximum Gasteiger partial charge on any atom is 0.261 e. The molecule has 7 nitrogen and oxygen atoms in total. The summed E-state index contributed by atoms with van der Waals surface area (Å²) in [6.07, 6.45) is 7.24. The Morgan fingerprint density at radius 3 is 1.80 bits per heavy atom. The Morgan fingerprint density at radius 1 is 0.773 bits per heavy atom. The van der Waals surface area contributed by atoms with E-state index in [0.29, 0.717) is 24.2 Å². The van der Waals surface area contributed by atoms with Crippen molar-refractivity contribution in [2.24, 2.45) is 11.7 Å². The van der Waals surface area contributed by atoms with Gasteiger partial charge >= 0.3 is 0 Å². The first-order valence-electron chi connectivity index (χ1n) is 16.2. The Kier molecular flexibility index (Phi) is 12.3.